The van der Waals surface area contributed by atoms with Crippen molar-refractivity contribution in [1.29, 1.82) is 0 Å². The quantitative estimate of drug-likeness (QED) is 0.851. The molecular formula is C13H21ClN4O. The SMILES string of the molecule is CC(C)Oc1nc(Cl)nc(N2CCC(C(C)C)C2)n1. The summed E-state index contributed by atoms with van der Waals surface area (Å²) in [5.41, 5.74) is 0. The van der Waals surface area contributed by atoms with E-state index in [0.29, 0.717) is 23.8 Å². The average Bonchev–Trinajstić information content (AvgIpc) is 2.76. The van der Waals surface area contributed by atoms with E-state index in [4.69, 9.17) is 16.3 Å². The maximum atomic E-state index is 5.94. The largest absolute Gasteiger partial charge is 0.461 e. The summed E-state index contributed by atoms with van der Waals surface area (Å²) < 4.78 is 5.50. The molecule has 1 aliphatic rings. The molecule has 0 amide bonds. The number of halogens is 1. The van der Waals surface area contributed by atoms with Crippen molar-refractivity contribution >= 4 is 17.5 Å². The van der Waals surface area contributed by atoms with E-state index >= 15 is 0 Å². The molecule has 1 fully saturated rings. The van der Waals surface area contributed by atoms with Crippen molar-refractivity contribution in [3.05, 3.63) is 5.28 Å². The smallest absolute Gasteiger partial charge is 0.322 e. The maximum absolute atomic E-state index is 5.94. The Morgan fingerprint density at radius 1 is 1.21 bits per heavy atom. The fourth-order valence-electron chi connectivity index (χ4n) is 2.24. The Morgan fingerprint density at radius 2 is 1.95 bits per heavy atom. The van der Waals surface area contributed by atoms with Crippen LogP contribution in [0.3, 0.4) is 0 Å². The minimum absolute atomic E-state index is 0.0216. The molecule has 0 radical (unpaired) electrons. The minimum Gasteiger partial charge on any atom is -0.461 e. The van der Waals surface area contributed by atoms with Crippen LogP contribution in [0.5, 0.6) is 6.01 Å². The van der Waals surface area contributed by atoms with Crippen molar-refractivity contribution in [2.75, 3.05) is 18.0 Å². The maximum Gasteiger partial charge on any atom is 0.322 e. The number of hydrogen-bond donors (Lipinski definition) is 0. The van der Waals surface area contributed by atoms with Crippen LogP contribution < -0.4 is 9.64 Å². The molecule has 0 saturated carbocycles. The van der Waals surface area contributed by atoms with Crippen molar-refractivity contribution in [3.8, 4) is 6.01 Å². The predicted octanol–water partition coefficient (Wildman–Crippen LogP) is 2.79. The molecule has 0 aromatic carbocycles. The first-order valence-electron chi connectivity index (χ1n) is 6.79. The first-order chi connectivity index (χ1) is 8.95. The Balaban J connectivity index is 2.14. The van der Waals surface area contributed by atoms with Crippen LogP contribution in [0.1, 0.15) is 34.1 Å². The van der Waals surface area contributed by atoms with Gasteiger partial charge < -0.3 is 9.64 Å². The molecule has 1 saturated heterocycles. The first-order valence-corrected chi connectivity index (χ1v) is 7.16. The molecule has 1 atom stereocenters. The van der Waals surface area contributed by atoms with E-state index in [-0.39, 0.29) is 11.4 Å². The Kier molecular flexibility index (Phi) is 4.45. The molecule has 19 heavy (non-hydrogen) atoms. The van der Waals surface area contributed by atoms with Gasteiger partial charge in [-0.05, 0) is 43.7 Å². The van der Waals surface area contributed by atoms with Gasteiger partial charge in [-0.15, -0.1) is 0 Å². The Morgan fingerprint density at radius 3 is 2.53 bits per heavy atom. The van der Waals surface area contributed by atoms with Gasteiger partial charge >= 0.3 is 6.01 Å². The van der Waals surface area contributed by atoms with Crippen molar-refractivity contribution in [1.82, 2.24) is 15.0 Å². The Labute approximate surface area is 119 Å². The molecule has 1 unspecified atom stereocenters. The predicted molar refractivity (Wildman–Crippen MR) is 75.8 cm³/mol. The van der Waals surface area contributed by atoms with E-state index in [1.54, 1.807) is 0 Å². The van der Waals surface area contributed by atoms with Gasteiger partial charge in [-0.2, -0.15) is 15.0 Å². The summed E-state index contributed by atoms with van der Waals surface area (Å²) in [6.45, 7) is 10.3. The summed E-state index contributed by atoms with van der Waals surface area (Å²) in [6.07, 6.45) is 1.19. The Hall–Kier alpha value is -1.10. The van der Waals surface area contributed by atoms with Gasteiger partial charge in [0.15, 0.2) is 0 Å². The third-order valence-corrected chi connectivity index (χ3v) is 3.54. The van der Waals surface area contributed by atoms with E-state index in [1.165, 1.54) is 6.42 Å². The van der Waals surface area contributed by atoms with Crippen LogP contribution in [0, 0.1) is 11.8 Å². The van der Waals surface area contributed by atoms with Gasteiger partial charge in [0.05, 0.1) is 6.10 Å². The summed E-state index contributed by atoms with van der Waals surface area (Å²) in [5.74, 6) is 1.98. The standard InChI is InChI=1S/C13H21ClN4O/c1-8(2)10-5-6-18(7-10)12-15-11(14)16-13(17-12)19-9(3)4/h8-10H,5-7H2,1-4H3. The summed E-state index contributed by atoms with van der Waals surface area (Å²) >= 11 is 5.94. The molecular weight excluding hydrogens is 264 g/mol. The highest BCUT2D eigenvalue weighted by molar-refractivity contribution is 6.28. The monoisotopic (exact) mass is 284 g/mol. The van der Waals surface area contributed by atoms with Gasteiger partial charge in [-0.3, -0.25) is 0 Å². The minimum atomic E-state index is 0.0216. The summed E-state index contributed by atoms with van der Waals surface area (Å²) in [5, 5.41) is 0.189. The molecule has 2 rings (SSSR count). The number of ether oxygens (including phenoxy) is 1. The van der Waals surface area contributed by atoms with Gasteiger partial charge in [-0.1, -0.05) is 13.8 Å². The zero-order valence-corrected chi connectivity index (χ0v) is 12.7. The van der Waals surface area contributed by atoms with Crippen LogP contribution in [-0.4, -0.2) is 34.1 Å². The lowest BCUT2D eigenvalue weighted by molar-refractivity contribution is 0.221. The molecule has 6 heteroatoms. The van der Waals surface area contributed by atoms with Crippen LogP contribution in [0.4, 0.5) is 5.95 Å². The summed E-state index contributed by atoms with van der Waals surface area (Å²) in [7, 11) is 0. The van der Waals surface area contributed by atoms with Gasteiger partial charge in [-0.25, -0.2) is 0 Å². The number of rotatable bonds is 4. The third-order valence-electron chi connectivity index (χ3n) is 3.37. The van der Waals surface area contributed by atoms with Crippen molar-refractivity contribution in [2.45, 2.75) is 40.2 Å². The normalized spacial score (nSPS) is 19.5. The van der Waals surface area contributed by atoms with E-state index in [1.807, 2.05) is 13.8 Å². The van der Waals surface area contributed by atoms with Gasteiger partial charge in [0.25, 0.3) is 0 Å². The van der Waals surface area contributed by atoms with Crippen molar-refractivity contribution < 1.29 is 4.74 Å². The highest BCUT2D eigenvalue weighted by Crippen LogP contribution is 2.27. The van der Waals surface area contributed by atoms with Crippen LogP contribution in [-0.2, 0) is 0 Å². The van der Waals surface area contributed by atoms with Crippen LogP contribution >= 0.6 is 11.6 Å². The second-order valence-corrected chi connectivity index (χ2v) is 5.93. The van der Waals surface area contributed by atoms with E-state index in [9.17, 15) is 0 Å². The highest BCUT2D eigenvalue weighted by Gasteiger charge is 2.27. The molecule has 0 bridgehead atoms. The fourth-order valence-corrected chi connectivity index (χ4v) is 2.39. The molecule has 5 nitrogen and oxygen atoms in total. The number of anilines is 1. The fraction of sp³-hybridized carbons (Fsp3) is 0.769. The molecule has 0 N–H and O–H groups in total. The van der Waals surface area contributed by atoms with E-state index in [0.717, 1.165) is 13.1 Å². The lowest BCUT2D eigenvalue weighted by Gasteiger charge is -2.18. The van der Waals surface area contributed by atoms with Crippen molar-refractivity contribution in [3.63, 3.8) is 0 Å². The molecule has 0 spiro atoms. The second kappa shape index (κ2) is 5.90. The molecule has 0 aliphatic carbocycles. The number of nitrogens with zero attached hydrogens (tertiary/aromatic N) is 4. The zero-order chi connectivity index (χ0) is 14.0. The van der Waals surface area contributed by atoms with E-state index in [2.05, 4.69) is 33.7 Å². The average molecular weight is 285 g/mol. The zero-order valence-electron chi connectivity index (χ0n) is 11.9. The van der Waals surface area contributed by atoms with Crippen LogP contribution in [0.15, 0.2) is 0 Å². The first kappa shape index (κ1) is 14.3. The lowest BCUT2D eigenvalue weighted by atomic mass is 9.95. The molecule has 2 heterocycles. The highest BCUT2D eigenvalue weighted by atomic mass is 35.5. The topological polar surface area (TPSA) is 51.1 Å². The number of aromatic nitrogens is 3. The van der Waals surface area contributed by atoms with Crippen LogP contribution in [0.25, 0.3) is 0 Å². The number of hydrogen-bond acceptors (Lipinski definition) is 5. The lowest BCUT2D eigenvalue weighted by Crippen LogP contribution is -2.24. The molecule has 1 aromatic rings. The van der Waals surface area contributed by atoms with Crippen LogP contribution in [0.2, 0.25) is 5.28 Å². The molecule has 1 aromatic heterocycles. The summed E-state index contributed by atoms with van der Waals surface area (Å²) in [6, 6.07) is 0.304. The molecule has 106 valence electrons. The summed E-state index contributed by atoms with van der Waals surface area (Å²) in [4.78, 5) is 14.7. The van der Waals surface area contributed by atoms with Gasteiger partial charge in [0.2, 0.25) is 11.2 Å². The molecule has 1 aliphatic heterocycles. The Bertz CT molecular complexity index is 439. The third kappa shape index (κ3) is 3.69. The van der Waals surface area contributed by atoms with E-state index < -0.39 is 0 Å². The van der Waals surface area contributed by atoms with Gasteiger partial charge in [0.1, 0.15) is 0 Å². The second-order valence-electron chi connectivity index (χ2n) is 5.59. The van der Waals surface area contributed by atoms with Gasteiger partial charge in [0, 0.05) is 13.1 Å². The van der Waals surface area contributed by atoms with Crippen molar-refractivity contribution in [2.24, 2.45) is 11.8 Å².